The third-order valence-electron chi connectivity index (χ3n) is 10.5. The van der Waals surface area contributed by atoms with E-state index in [1.165, 1.54) is 87.3 Å². The highest BCUT2D eigenvalue weighted by Gasteiger charge is 2.02. The second kappa shape index (κ2) is 32.3. The van der Waals surface area contributed by atoms with Crippen molar-refractivity contribution < 1.29 is 4.74 Å². The van der Waals surface area contributed by atoms with Crippen molar-refractivity contribution in [2.75, 3.05) is 6.61 Å². The third kappa shape index (κ3) is 22.3. The molecule has 0 atom stereocenters. The van der Waals surface area contributed by atoms with Gasteiger partial charge in [0.15, 0.2) is 0 Å². The summed E-state index contributed by atoms with van der Waals surface area (Å²) in [6, 6.07) is 36.7. The molecule has 63 heavy (non-hydrogen) atoms. The van der Waals surface area contributed by atoms with Crippen molar-refractivity contribution in [1.29, 1.82) is 10.5 Å². The molecule has 0 unspecified atom stereocenters. The van der Waals surface area contributed by atoms with Crippen LogP contribution in [0.1, 0.15) is 121 Å². The molecule has 4 rings (SSSR count). The van der Waals surface area contributed by atoms with Crippen LogP contribution in [0.25, 0.3) is 22.3 Å². The van der Waals surface area contributed by atoms with Gasteiger partial charge in [0.05, 0.1) is 29.9 Å². The van der Waals surface area contributed by atoms with E-state index in [0.717, 1.165) is 64.2 Å². The molecule has 328 valence electrons. The van der Waals surface area contributed by atoms with E-state index in [4.69, 9.17) is 15.3 Å². The summed E-state index contributed by atoms with van der Waals surface area (Å²) in [7, 11) is 0. The molecular weight excluding hydrogens is 765 g/mol. The molecule has 0 saturated heterocycles. The minimum atomic E-state index is 0.688. The van der Waals surface area contributed by atoms with E-state index in [1.807, 2.05) is 104 Å². The monoisotopic (exact) mass is 837 g/mol. The van der Waals surface area contributed by atoms with E-state index in [-0.39, 0.29) is 0 Å². The highest BCUT2D eigenvalue weighted by Crippen LogP contribution is 2.24. The molecule has 4 aromatic carbocycles. The van der Waals surface area contributed by atoms with Gasteiger partial charge in [-0.15, -0.1) is 0 Å². The van der Waals surface area contributed by atoms with Crippen LogP contribution in [0.2, 0.25) is 0 Å². The fourth-order valence-electron chi connectivity index (χ4n) is 6.25. The van der Waals surface area contributed by atoms with Gasteiger partial charge >= 0.3 is 0 Å². The molecule has 3 nitrogen and oxygen atoms in total. The fourth-order valence-corrected chi connectivity index (χ4v) is 6.25. The molecule has 0 amide bonds. The van der Waals surface area contributed by atoms with Crippen LogP contribution in [0.15, 0.2) is 194 Å². The predicted octanol–water partition coefficient (Wildman–Crippen LogP) is 17.6. The first-order valence-corrected chi connectivity index (χ1v) is 22.8. The number of hydrogen-bond donors (Lipinski definition) is 0. The zero-order chi connectivity index (χ0) is 46.1. The van der Waals surface area contributed by atoms with Crippen molar-refractivity contribution in [3.05, 3.63) is 211 Å². The van der Waals surface area contributed by atoms with Crippen molar-refractivity contribution in [2.45, 2.75) is 111 Å². The Labute approximate surface area is 382 Å². The van der Waals surface area contributed by atoms with Crippen LogP contribution >= 0.6 is 0 Å². The van der Waals surface area contributed by atoms with Gasteiger partial charge in [-0.05, 0) is 119 Å². The highest BCUT2D eigenvalue weighted by molar-refractivity contribution is 5.65. The third-order valence-corrected chi connectivity index (χ3v) is 10.5. The number of benzene rings is 4. The summed E-state index contributed by atoms with van der Waals surface area (Å²) in [6.07, 6.45) is 28.0. The Morgan fingerprint density at radius 1 is 0.476 bits per heavy atom. The van der Waals surface area contributed by atoms with Crippen LogP contribution in [-0.2, 0) is 6.42 Å². The lowest BCUT2D eigenvalue weighted by molar-refractivity contribution is 0.304. The van der Waals surface area contributed by atoms with Gasteiger partial charge in [-0.25, -0.2) is 0 Å². The topological polar surface area (TPSA) is 56.8 Å². The Bertz CT molecular complexity index is 2160. The zero-order valence-corrected chi connectivity index (χ0v) is 38.9. The Hall–Kier alpha value is -6.42. The zero-order valence-electron chi connectivity index (χ0n) is 38.9. The van der Waals surface area contributed by atoms with Crippen LogP contribution in [0.5, 0.6) is 5.75 Å². The molecule has 0 bridgehead atoms. The molecule has 0 aromatic heterocycles. The Balaban J connectivity index is 0.000000327. The molecule has 0 aliphatic carbocycles. The summed E-state index contributed by atoms with van der Waals surface area (Å²) < 4.78 is 5.80. The second-order valence-electron chi connectivity index (χ2n) is 15.7. The first kappa shape index (κ1) is 52.7. The number of nitrogens with zero attached hydrogens (tertiary/aromatic N) is 2. The standard InChI is InChI=1S/C21H25NO.C20H23N.C19H24/c1-2-3-4-5-6-7-16-23-21-14-12-20(13-15-21)19-10-8-18(17-22)9-11-19;1-2-3-4-5-6-7-17-8-12-19(13-9-17)20-14-10-18(16-21)11-15-20;1-8-10-16(4)18(6)13-14-19(7)17(5)12-11-15(3)9-2/h8-15H,2-7,16H2,1H3;8-15H,2-7H2,1H3;8,10-14H,3-7,9H2,1-2H3/b;;10-8-,12-11-,14-13-. The first-order valence-electron chi connectivity index (χ1n) is 22.8. The molecule has 0 fully saturated rings. The summed E-state index contributed by atoms with van der Waals surface area (Å²) in [4.78, 5) is 0. The van der Waals surface area contributed by atoms with Gasteiger partial charge in [-0.3, -0.25) is 0 Å². The maximum atomic E-state index is 8.83. The molecule has 0 aliphatic heterocycles. The highest BCUT2D eigenvalue weighted by atomic mass is 16.5. The lowest BCUT2D eigenvalue weighted by Crippen LogP contribution is -1.97. The number of ether oxygens (including phenoxy) is 1. The van der Waals surface area contributed by atoms with Crippen LogP contribution in [0.4, 0.5) is 0 Å². The molecule has 0 radical (unpaired) electrons. The van der Waals surface area contributed by atoms with Crippen molar-refractivity contribution >= 4 is 0 Å². The Morgan fingerprint density at radius 3 is 1.29 bits per heavy atom. The predicted molar refractivity (Wildman–Crippen MR) is 274 cm³/mol. The van der Waals surface area contributed by atoms with E-state index < -0.39 is 0 Å². The lowest BCUT2D eigenvalue weighted by atomic mass is 10.0. The maximum absolute atomic E-state index is 8.83. The SMILES string of the molecule is C=C(/C=C\C(=C)C(=C)/C=C\C(=C)C(=C)/C=C\C)CC.CCCCCCCCOc1ccc(-c2ccc(C#N)cc2)cc1.CCCCCCCc1ccc(-c2ccc(C#N)cc2)cc1. The number of hydrogen-bond acceptors (Lipinski definition) is 3. The van der Waals surface area contributed by atoms with E-state index in [0.29, 0.717) is 11.1 Å². The van der Waals surface area contributed by atoms with Gasteiger partial charge in [-0.1, -0.05) is 214 Å². The summed E-state index contributed by atoms with van der Waals surface area (Å²) >= 11 is 0. The van der Waals surface area contributed by atoms with Gasteiger partial charge in [-0.2, -0.15) is 10.5 Å². The Kier molecular flexibility index (Phi) is 27.0. The minimum Gasteiger partial charge on any atom is -0.494 e. The maximum Gasteiger partial charge on any atom is 0.119 e. The molecule has 0 saturated carbocycles. The number of nitriles is 2. The van der Waals surface area contributed by atoms with Crippen molar-refractivity contribution in [2.24, 2.45) is 0 Å². The van der Waals surface area contributed by atoms with Gasteiger partial charge in [0.1, 0.15) is 5.75 Å². The van der Waals surface area contributed by atoms with Crippen LogP contribution in [-0.4, -0.2) is 6.61 Å². The van der Waals surface area contributed by atoms with Crippen LogP contribution in [0, 0.1) is 22.7 Å². The van der Waals surface area contributed by atoms with E-state index >= 15 is 0 Å². The molecule has 3 heteroatoms. The number of rotatable bonds is 24. The fraction of sp³-hybridized carbons (Fsp3) is 0.300. The van der Waals surface area contributed by atoms with Crippen LogP contribution in [0.3, 0.4) is 0 Å². The van der Waals surface area contributed by atoms with Crippen molar-refractivity contribution in [3.8, 4) is 40.1 Å². The number of allylic oxidation sites excluding steroid dienone is 11. The van der Waals surface area contributed by atoms with Gasteiger partial charge in [0, 0.05) is 0 Å². The summed E-state index contributed by atoms with van der Waals surface area (Å²) in [6.45, 7) is 29.1. The summed E-state index contributed by atoms with van der Waals surface area (Å²) in [5.41, 5.74) is 12.0. The van der Waals surface area contributed by atoms with E-state index in [2.05, 4.69) is 102 Å². The minimum absolute atomic E-state index is 0.688. The normalized spacial score (nSPS) is 10.6. The van der Waals surface area contributed by atoms with Gasteiger partial charge in [0.25, 0.3) is 0 Å². The number of unbranched alkanes of at least 4 members (excludes halogenated alkanes) is 9. The summed E-state index contributed by atoms with van der Waals surface area (Å²) in [5, 5.41) is 17.7. The first-order chi connectivity index (χ1) is 30.6. The lowest BCUT2D eigenvalue weighted by Gasteiger charge is -2.07. The summed E-state index contributed by atoms with van der Waals surface area (Å²) in [5.74, 6) is 0.927. The molecule has 4 aromatic rings. The smallest absolute Gasteiger partial charge is 0.119 e. The van der Waals surface area contributed by atoms with E-state index in [1.54, 1.807) is 0 Å². The molecule has 0 heterocycles. The second-order valence-corrected chi connectivity index (χ2v) is 15.7. The molecule has 0 spiro atoms. The average molecular weight is 837 g/mol. The number of aryl methyl sites for hydroxylation is 1. The quantitative estimate of drug-likeness (QED) is 0.0522. The van der Waals surface area contributed by atoms with Crippen molar-refractivity contribution in [1.82, 2.24) is 0 Å². The van der Waals surface area contributed by atoms with Gasteiger partial charge in [0.2, 0.25) is 0 Å². The Morgan fingerprint density at radius 2 is 0.857 bits per heavy atom. The van der Waals surface area contributed by atoms with Crippen molar-refractivity contribution in [3.63, 3.8) is 0 Å². The molecule has 0 aliphatic rings. The largest absolute Gasteiger partial charge is 0.494 e. The molecular formula is C60H72N2O. The van der Waals surface area contributed by atoms with E-state index in [9.17, 15) is 0 Å². The molecule has 0 N–H and O–H groups in total. The van der Waals surface area contributed by atoms with Crippen LogP contribution < -0.4 is 4.74 Å². The van der Waals surface area contributed by atoms with Gasteiger partial charge < -0.3 is 4.74 Å². The average Bonchev–Trinajstić information content (AvgIpc) is 3.32.